The monoisotopic (exact) mass is 439 g/mol. The highest BCUT2D eigenvalue weighted by Gasteiger charge is 2.31. The van der Waals surface area contributed by atoms with Crippen molar-refractivity contribution in [2.24, 2.45) is 0 Å². The van der Waals surface area contributed by atoms with E-state index in [0.29, 0.717) is 24.6 Å². The van der Waals surface area contributed by atoms with Gasteiger partial charge >= 0.3 is 18.1 Å². The Morgan fingerprint density at radius 3 is 2.50 bits per heavy atom. The van der Waals surface area contributed by atoms with Gasteiger partial charge in [0, 0.05) is 30.6 Å². The van der Waals surface area contributed by atoms with Crippen LogP contribution in [0.15, 0.2) is 29.0 Å². The zero-order valence-electron chi connectivity index (χ0n) is 15.9. The van der Waals surface area contributed by atoms with Gasteiger partial charge in [-0.1, -0.05) is 0 Å². The number of esters is 1. The lowest BCUT2D eigenvalue weighted by Crippen LogP contribution is -2.50. The number of piperidine rings is 1. The first kappa shape index (κ1) is 21.5. The topological polar surface area (TPSA) is 99.2 Å². The molecule has 1 saturated heterocycles. The van der Waals surface area contributed by atoms with Crippen molar-refractivity contribution in [1.82, 2.24) is 4.90 Å². The first-order valence-electron chi connectivity index (χ1n) is 8.99. The molecular formula is C19H19F2N3O5S. The second-order valence-electron chi connectivity index (χ2n) is 6.59. The summed E-state index contributed by atoms with van der Waals surface area (Å²) in [5.41, 5.74) is -0.307. The van der Waals surface area contributed by atoms with Crippen LogP contribution in [0.2, 0.25) is 0 Å². The summed E-state index contributed by atoms with van der Waals surface area (Å²) < 4.78 is 32.6. The standard InChI is InChI=1S/C19H19F2N3O5S/c1-29-17(25)13-8-16(15(21)9-14(13)20)22-18(26)24(12-4-7-30-10-12)11-2-5-23(6-3-11)19(27)28/h4,7-11H,2-3,5-6H2,1H3,(H,22,26)(H,27,28). The molecule has 2 heterocycles. The van der Waals surface area contributed by atoms with Gasteiger partial charge in [0.2, 0.25) is 0 Å². The Kier molecular flexibility index (Phi) is 6.50. The largest absolute Gasteiger partial charge is 0.465 e. The average molecular weight is 439 g/mol. The number of carbonyl (C=O) groups is 3. The number of methoxy groups -OCH3 is 1. The SMILES string of the molecule is COC(=O)c1cc(NC(=O)N(c2ccsc2)C2CCN(C(=O)O)CC2)c(F)cc1F. The fourth-order valence-corrected chi connectivity index (χ4v) is 3.92. The van der Waals surface area contributed by atoms with E-state index in [1.54, 1.807) is 16.8 Å². The van der Waals surface area contributed by atoms with Gasteiger partial charge in [-0.25, -0.2) is 23.2 Å². The molecule has 0 unspecified atom stereocenters. The lowest BCUT2D eigenvalue weighted by atomic mass is 10.0. The van der Waals surface area contributed by atoms with E-state index in [2.05, 4.69) is 10.1 Å². The molecule has 1 aromatic heterocycles. The van der Waals surface area contributed by atoms with Gasteiger partial charge in [-0.2, -0.15) is 11.3 Å². The summed E-state index contributed by atoms with van der Waals surface area (Å²) in [6.45, 7) is 0.511. The molecule has 0 atom stereocenters. The quantitative estimate of drug-likeness (QED) is 0.702. The van der Waals surface area contributed by atoms with Crippen molar-refractivity contribution in [2.45, 2.75) is 18.9 Å². The molecule has 8 nitrogen and oxygen atoms in total. The molecule has 1 aromatic carbocycles. The summed E-state index contributed by atoms with van der Waals surface area (Å²) in [6.07, 6.45) is -0.229. The Labute approximate surface area is 174 Å². The van der Waals surface area contributed by atoms with E-state index in [1.165, 1.54) is 21.1 Å². The number of amides is 3. The number of likely N-dealkylation sites (tertiary alicyclic amines) is 1. The smallest absolute Gasteiger partial charge is 0.407 e. The van der Waals surface area contributed by atoms with Gasteiger partial charge < -0.3 is 20.1 Å². The Bertz CT molecular complexity index is 946. The summed E-state index contributed by atoms with van der Waals surface area (Å²) in [5.74, 6) is -3.15. The summed E-state index contributed by atoms with van der Waals surface area (Å²) in [7, 11) is 1.06. The highest BCUT2D eigenvalue weighted by Crippen LogP contribution is 2.28. The normalized spacial score (nSPS) is 14.3. The maximum absolute atomic E-state index is 14.3. The zero-order chi connectivity index (χ0) is 21.8. The van der Waals surface area contributed by atoms with E-state index >= 15 is 0 Å². The fourth-order valence-electron chi connectivity index (χ4n) is 3.29. The molecule has 0 bridgehead atoms. The predicted molar refractivity (Wildman–Crippen MR) is 106 cm³/mol. The Balaban J connectivity index is 1.85. The van der Waals surface area contributed by atoms with E-state index in [-0.39, 0.29) is 24.8 Å². The van der Waals surface area contributed by atoms with Gasteiger partial charge in [0.25, 0.3) is 0 Å². The lowest BCUT2D eigenvalue weighted by Gasteiger charge is -2.37. The second-order valence-corrected chi connectivity index (χ2v) is 7.37. The number of hydrogen-bond acceptors (Lipinski definition) is 5. The highest BCUT2D eigenvalue weighted by atomic mass is 32.1. The summed E-state index contributed by atoms with van der Waals surface area (Å²) in [5, 5.41) is 15.0. The number of anilines is 2. The number of halogens is 2. The average Bonchev–Trinajstić information content (AvgIpc) is 3.24. The maximum Gasteiger partial charge on any atom is 0.407 e. The van der Waals surface area contributed by atoms with Gasteiger partial charge in [0.1, 0.15) is 11.6 Å². The van der Waals surface area contributed by atoms with Crippen LogP contribution in [-0.4, -0.2) is 54.3 Å². The number of nitrogens with zero attached hydrogens (tertiary/aromatic N) is 2. The van der Waals surface area contributed by atoms with Gasteiger partial charge in [-0.15, -0.1) is 0 Å². The zero-order valence-corrected chi connectivity index (χ0v) is 16.7. The molecule has 0 radical (unpaired) electrons. The Morgan fingerprint density at radius 1 is 1.23 bits per heavy atom. The summed E-state index contributed by atoms with van der Waals surface area (Å²) >= 11 is 1.36. The molecule has 160 valence electrons. The van der Waals surface area contributed by atoms with E-state index in [1.807, 2.05) is 0 Å². The van der Waals surface area contributed by atoms with E-state index < -0.39 is 35.3 Å². The molecular weight excluding hydrogens is 420 g/mol. The molecule has 1 aliphatic heterocycles. The molecule has 0 saturated carbocycles. The number of benzene rings is 1. The highest BCUT2D eigenvalue weighted by molar-refractivity contribution is 7.08. The molecule has 11 heteroatoms. The summed E-state index contributed by atoms with van der Waals surface area (Å²) in [6, 6.07) is 2.10. The van der Waals surface area contributed by atoms with Gasteiger partial charge in [0.05, 0.1) is 24.0 Å². The van der Waals surface area contributed by atoms with Crippen LogP contribution < -0.4 is 10.2 Å². The van der Waals surface area contributed by atoms with Crippen molar-refractivity contribution in [2.75, 3.05) is 30.4 Å². The molecule has 2 aromatic rings. The van der Waals surface area contributed by atoms with Crippen molar-refractivity contribution < 1.29 is 33.0 Å². The number of nitrogens with one attached hydrogen (secondary N) is 1. The third-order valence-electron chi connectivity index (χ3n) is 4.81. The molecule has 1 fully saturated rings. The third kappa shape index (κ3) is 4.51. The third-order valence-corrected chi connectivity index (χ3v) is 5.48. The number of hydrogen-bond donors (Lipinski definition) is 2. The van der Waals surface area contributed by atoms with E-state index in [4.69, 9.17) is 5.11 Å². The van der Waals surface area contributed by atoms with E-state index in [0.717, 1.165) is 13.2 Å². The van der Waals surface area contributed by atoms with Gasteiger partial charge in [-0.3, -0.25) is 4.90 Å². The molecule has 3 rings (SSSR count). The van der Waals surface area contributed by atoms with Crippen molar-refractivity contribution in [3.63, 3.8) is 0 Å². The fraction of sp³-hybridized carbons (Fsp3) is 0.316. The van der Waals surface area contributed by atoms with Crippen molar-refractivity contribution in [3.05, 3.63) is 46.2 Å². The van der Waals surface area contributed by atoms with Crippen LogP contribution in [-0.2, 0) is 4.74 Å². The number of rotatable bonds is 4. The first-order valence-corrected chi connectivity index (χ1v) is 9.93. The first-order chi connectivity index (χ1) is 14.3. The molecule has 3 amide bonds. The lowest BCUT2D eigenvalue weighted by molar-refractivity contribution is 0.0595. The minimum absolute atomic E-state index is 0.255. The summed E-state index contributed by atoms with van der Waals surface area (Å²) in [4.78, 5) is 38.5. The molecule has 1 aliphatic rings. The predicted octanol–water partition coefficient (Wildman–Crippen LogP) is 3.99. The van der Waals surface area contributed by atoms with Crippen LogP contribution in [0, 0.1) is 11.6 Å². The minimum Gasteiger partial charge on any atom is -0.465 e. The van der Waals surface area contributed by atoms with Crippen molar-refractivity contribution in [1.29, 1.82) is 0 Å². The van der Waals surface area contributed by atoms with Gasteiger partial charge in [0.15, 0.2) is 0 Å². The van der Waals surface area contributed by atoms with Crippen LogP contribution in [0.5, 0.6) is 0 Å². The molecule has 2 N–H and O–H groups in total. The Hall–Kier alpha value is -3.21. The van der Waals surface area contributed by atoms with Gasteiger partial charge in [-0.05, 0) is 30.4 Å². The maximum atomic E-state index is 14.3. The molecule has 0 spiro atoms. The van der Waals surface area contributed by atoms with Crippen LogP contribution in [0.4, 0.5) is 29.7 Å². The number of thiophene rings is 1. The number of carboxylic acid groups (broad SMARTS) is 1. The number of ether oxygens (including phenoxy) is 1. The second kappa shape index (κ2) is 9.08. The number of urea groups is 1. The number of carbonyl (C=O) groups excluding carboxylic acids is 2. The Morgan fingerprint density at radius 2 is 1.93 bits per heavy atom. The van der Waals surface area contributed by atoms with Crippen LogP contribution >= 0.6 is 11.3 Å². The van der Waals surface area contributed by atoms with Crippen LogP contribution in [0.3, 0.4) is 0 Å². The molecule has 0 aliphatic carbocycles. The van der Waals surface area contributed by atoms with Crippen LogP contribution in [0.25, 0.3) is 0 Å². The minimum atomic E-state index is -1.10. The van der Waals surface area contributed by atoms with Crippen molar-refractivity contribution in [3.8, 4) is 0 Å². The van der Waals surface area contributed by atoms with Crippen molar-refractivity contribution >= 4 is 40.8 Å². The van der Waals surface area contributed by atoms with E-state index in [9.17, 15) is 23.2 Å². The molecule has 30 heavy (non-hydrogen) atoms. The van der Waals surface area contributed by atoms with Crippen LogP contribution in [0.1, 0.15) is 23.2 Å².